The SMILES string of the molecule is CCNC(Cc1nc2ccccc2s1)C(C)OCC. The quantitative estimate of drug-likeness (QED) is 0.844. The van der Waals surface area contributed by atoms with Gasteiger partial charge in [-0.1, -0.05) is 19.1 Å². The van der Waals surface area contributed by atoms with Gasteiger partial charge in [0.1, 0.15) is 0 Å². The molecule has 1 N–H and O–H groups in total. The monoisotopic (exact) mass is 278 g/mol. The third-order valence-electron chi connectivity index (χ3n) is 3.20. The van der Waals surface area contributed by atoms with Gasteiger partial charge in [0.2, 0.25) is 0 Å². The summed E-state index contributed by atoms with van der Waals surface area (Å²) in [7, 11) is 0. The van der Waals surface area contributed by atoms with Crippen molar-refractivity contribution in [2.45, 2.75) is 39.3 Å². The lowest BCUT2D eigenvalue weighted by Gasteiger charge is -2.23. The lowest BCUT2D eigenvalue weighted by Crippen LogP contribution is -2.41. The molecule has 0 aliphatic rings. The Balaban J connectivity index is 2.11. The van der Waals surface area contributed by atoms with Crippen molar-refractivity contribution in [2.24, 2.45) is 0 Å². The molecule has 0 saturated heterocycles. The van der Waals surface area contributed by atoms with E-state index in [4.69, 9.17) is 9.72 Å². The molecule has 0 aliphatic heterocycles. The Bertz CT molecular complexity index is 479. The number of benzene rings is 1. The fraction of sp³-hybridized carbons (Fsp3) is 0.533. The zero-order valence-corrected chi connectivity index (χ0v) is 12.7. The van der Waals surface area contributed by atoms with Gasteiger partial charge in [-0.2, -0.15) is 0 Å². The minimum absolute atomic E-state index is 0.206. The molecule has 4 heteroatoms. The number of likely N-dealkylation sites (N-methyl/N-ethyl adjacent to an activating group) is 1. The number of fused-ring (bicyclic) bond motifs is 1. The highest BCUT2D eigenvalue weighted by Crippen LogP contribution is 2.23. The van der Waals surface area contributed by atoms with Gasteiger partial charge in [-0.05, 0) is 32.5 Å². The number of nitrogens with one attached hydrogen (secondary N) is 1. The second kappa shape index (κ2) is 6.98. The van der Waals surface area contributed by atoms with Crippen molar-refractivity contribution in [3.63, 3.8) is 0 Å². The first-order valence-corrected chi connectivity index (χ1v) is 7.75. The Morgan fingerprint density at radius 2 is 2.11 bits per heavy atom. The second-order valence-electron chi connectivity index (χ2n) is 4.60. The van der Waals surface area contributed by atoms with Crippen LogP contribution in [0.4, 0.5) is 0 Å². The van der Waals surface area contributed by atoms with Crippen LogP contribution < -0.4 is 5.32 Å². The van der Waals surface area contributed by atoms with Gasteiger partial charge < -0.3 is 10.1 Å². The summed E-state index contributed by atoms with van der Waals surface area (Å²) in [5, 5.41) is 4.68. The van der Waals surface area contributed by atoms with Crippen LogP contribution in [0.5, 0.6) is 0 Å². The average Bonchev–Trinajstić information content (AvgIpc) is 2.80. The Morgan fingerprint density at radius 1 is 1.32 bits per heavy atom. The van der Waals surface area contributed by atoms with Crippen molar-refractivity contribution in [3.8, 4) is 0 Å². The standard InChI is InChI=1S/C15H22N2OS/c1-4-16-13(11(3)18-5-2)10-15-17-12-8-6-7-9-14(12)19-15/h6-9,11,13,16H,4-5,10H2,1-3H3. The number of thiazole rings is 1. The number of rotatable bonds is 7. The van der Waals surface area contributed by atoms with Gasteiger partial charge in [0.25, 0.3) is 0 Å². The van der Waals surface area contributed by atoms with Crippen LogP contribution in [-0.2, 0) is 11.2 Å². The lowest BCUT2D eigenvalue weighted by atomic mass is 10.1. The topological polar surface area (TPSA) is 34.2 Å². The van der Waals surface area contributed by atoms with E-state index >= 15 is 0 Å². The summed E-state index contributed by atoms with van der Waals surface area (Å²) in [5.41, 5.74) is 1.10. The number of hydrogen-bond donors (Lipinski definition) is 1. The highest BCUT2D eigenvalue weighted by molar-refractivity contribution is 7.18. The van der Waals surface area contributed by atoms with Crippen molar-refractivity contribution in [1.29, 1.82) is 0 Å². The molecule has 3 nitrogen and oxygen atoms in total. The predicted octanol–water partition coefficient (Wildman–Crippen LogP) is 3.24. The van der Waals surface area contributed by atoms with E-state index in [0.717, 1.165) is 25.1 Å². The maximum absolute atomic E-state index is 5.72. The first-order valence-electron chi connectivity index (χ1n) is 6.94. The second-order valence-corrected chi connectivity index (χ2v) is 5.72. The molecule has 104 valence electrons. The maximum atomic E-state index is 5.72. The van der Waals surface area contributed by atoms with Gasteiger partial charge in [-0.25, -0.2) is 4.98 Å². The molecule has 2 aromatic rings. The van der Waals surface area contributed by atoms with E-state index in [2.05, 4.69) is 37.4 Å². The summed E-state index contributed by atoms with van der Waals surface area (Å²) < 4.78 is 6.98. The third kappa shape index (κ3) is 3.75. The highest BCUT2D eigenvalue weighted by atomic mass is 32.1. The minimum Gasteiger partial charge on any atom is -0.377 e. The minimum atomic E-state index is 0.206. The molecule has 1 heterocycles. The van der Waals surface area contributed by atoms with E-state index in [0.29, 0.717) is 6.04 Å². The summed E-state index contributed by atoms with van der Waals surface area (Å²) in [6, 6.07) is 8.63. The smallest absolute Gasteiger partial charge is 0.0955 e. The van der Waals surface area contributed by atoms with E-state index in [9.17, 15) is 0 Å². The van der Waals surface area contributed by atoms with Gasteiger partial charge in [0.05, 0.1) is 21.3 Å². The van der Waals surface area contributed by atoms with Crippen molar-refractivity contribution in [1.82, 2.24) is 10.3 Å². The molecule has 0 aliphatic carbocycles. The normalized spacial score (nSPS) is 14.7. The Morgan fingerprint density at radius 3 is 2.79 bits per heavy atom. The van der Waals surface area contributed by atoms with E-state index < -0.39 is 0 Å². The first kappa shape index (κ1) is 14.4. The van der Waals surface area contributed by atoms with Crippen LogP contribution in [0.1, 0.15) is 25.8 Å². The summed E-state index contributed by atoms with van der Waals surface area (Å²) >= 11 is 1.78. The van der Waals surface area contributed by atoms with Crippen LogP contribution in [-0.4, -0.2) is 30.3 Å². The van der Waals surface area contributed by atoms with Crippen LogP contribution in [0.3, 0.4) is 0 Å². The fourth-order valence-electron chi connectivity index (χ4n) is 2.24. The average molecular weight is 278 g/mol. The molecular weight excluding hydrogens is 256 g/mol. The van der Waals surface area contributed by atoms with Gasteiger partial charge in [-0.3, -0.25) is 0 Å². The molecule has 2 rings (SSSR count). The molecule has 0 amide bonds. The van der Waals surface area contributed by atoms with Crippen LogP contribution in [0.25, 0.3) is 10.2 Å². The van der Waals surface area contributed by atoms with E-state index in [1.165, 1.54) is 9.71 Å². The van der Waals surface area contributed by atoms with Crippen molar-refractivity contribution in [3.05, 3.63) is 29.3 Å². The fourth-order valence-corrected chi connectivity index (χ4v) is 3.27. The summed E-state index contributed by atoms with van der Waals surface area (Å²) in [4.78, 5) is 4.70. The molecule has 0 fully saturated rings. The zero-order chi connectivity index (χ0) is 13.7. The number of para-hydroxylation sites is 1. The van der Waals surface area contributed by atoms with Crippen LogP contribution >= 0.6 is 11.3 Å². The van der Waals surface area contributed by atoms with Crippen molar-refractivity contribution < 1.29 is 4.74 Å². The molecule has 0 spiro atoms. The Kier molecular flexibility index (Phi) is 5.31. The zero-order valence-electron chi connectivity index (χ0n) is 11.8. The first-order chi connectivity index (χ1) is 9.24. The van der Waals surface area contributed by atoms with Crippen molar-refractivity contribution >= 4 is 21.6 Å². The summed E-state index contributed by atoms with van der Waals surface area (Å²) in [6.07, 6.45) is 1.13. The van der Waals surface area contributed by atoms with Gasteiger partial charge in [-0.15, -0.1) is 11.3 Å². The number of aromatic nitrogens is 1. The number of nitrogens with zero attached hydrogens (tertiary/aromatic N) is 1. The molecule has 1 aromatic heterocycles. The molecule has 0 saturated carbocycles. The molecule has 1 aromatic carbocycles. The number of ether oxygens (including phenoxy) is 1. The van der Waals surface area contributed by atoms with Crippen LogP contribution in [0.15, 0.2) is 24.3 Å². The maximum Gasteiger partial charge on any atom is 0.0955 e. The van der Waals surface area contributed by atoms with Gasteiger partial charge >= 0.3 is 0 Å². The van der Waals surface area contributed by atoms with Crippen LogP contribution in [0.2, 0.25) is 0 Å². The molecule has 0 bridgehead atoms. The highest BCUT2D eigenvalue weighted by Gasteiger charge is 2.18. The summed E-state index contributed by atoms with van der Waals surface area (Å²) in [5.74, 6) is 0. The van der Waals surface area contributed by atoms with E-state index in [1.54, 1.807) is 11.3 Å². The van der Waals surface area contributed by atoms with Gasteiger partial charge in [0, 0.05) is 19.1 Å². The van der Waals surface area contributed by atoms with Crippen LogP contribution in [0, 0.1) is 0 Å². The van der Waals surface area contributed by atoms with E-state index in [1.807, 2.05) is 13.0 Å². The largest absolute Gasteiger partial charge is 0.377 e. The molecular formula is C15H22N2OS. The predicted molar refractivity (Wildman–Crippen MR) is 81.9 cm³/mol. The number of hydrogen-bond acceptors (Lipinski definition) is 4. The lowest BCUT2D eigenvalue weighted by molar-refractivity contribution is 0.0480. The Labute approximate surface area is 119 Å². The molecule has 19 heavy (non-hydrogen) atoms. The Hall–Kier alpha value is -0.970. The van der Waals surface area contributed by atoms with Gasteiger partial charge in [0.15, 0.2) is 0 Å². The molecule has 0 radical (unpaired) electrons. The molecule has 2 unspecified atom stereocenters. The molecule has 2 atom stereocenters. The third-order valence-corrected chi connectivity index (χ3v) is 4.25. The summed E-state index contributed by atoms with van der Waals surface area (Å²) in [6.45, 7) is 8.00. The van der Waals surface area contributed by atoms with Crippen molar-refractivity contribution in [2.75, 3.05) is 13.2 Å². The van der Waals surface area contributed by atoms with E-state index in [-0.39, 0.29) is 6.10 Å².